The largest absolute Gasteiger partial charge is 0.382 e. The molecule has 0 heterocycles. The maximum atomic E-state index is 12.4. The highest BCUT2D eigenvalue weighted by Gasteiger charge is 2.07. The van der Waals surface area contributed by atoms with E-state index in [1.165, 1.54) is 5.56 Å². The molecule has 0 fully saturated rings. The molecule has 0 unspecified atom stereocenters. The van der Waals surface area contributed by atoms with Crippen molar-refractivity contribution in [2.45, 2.75) is 12.8 Å². The Morgan fingerprint density at radius 2 is 1.21 bits per heavy atom. The Hall–Kier alpha value is -2.05. The number of rotatable bonds is 15. The van der Waals surface area contributed by atoms with Gasteiger partial charge in [0.05, 0.1) is 39.6 Å². The Morgan fingerprint density at radius 3 is 1.82 bits per heavy atom. The molecule has 0 spiro atoms. The molecule has 0 amide bonds. The molecule has 0 bridgehead atoms. The summed E-state index contributed by atoms with van der Waals surface area (Å²) in [5, 5.41) is 0. The number of hydrogen-bond acceptors (Lipinski definition) is 5. The Bertz CT molecular complexity index is 654. The summed E-state index contributed by atoms with van der Waals surface area (Å²) in [7, 11) is 1.65. The first-order valence-corrected chi connectivity index (χ1v) is 9.72. The molecule has 0 radical (unpaired) electrons. The standard InChI is InChI=1S/C23H30O5/c1-25-14-15-27-18-19-28-17-16-26-13-5-6-20-9-11-22(12-10-20)23(24)21-7-3-2-4-8-21/h2-4,7-12H,5-6,13-19H2,1H3. The zero-order chi connectivity index (χ0) is 19.9. The monoisotopic (exact) mass is 386 g/mol. The minimum absolute atomic E-state index is 0.0552. The van der Waals surface area contributed by atoms with Gasteiger partial charge in [-0.2, -0.15) is 0 Å². The summed E-state index contributed by atoms with van der Waals surface area (Å²) < 4.78 is 21.2. The van der Waals surface area contributed by atoms with Gasteiger partial charge in [-0.05, 0) is 18.4 Å². The van der Waals surface area contributed by atoms with Crippen molar-refractivity contribution in [3.05, 3.63) is 71.3 Å². The quantitative estimate of drug-likeness (QED) is 0.346. The van der Waals surface area contributed by atoms with Gasteiger partial charge in [0.2, 0.25) is 0 Å². The van der Waals surface area contributed by atoms with E-state index in [-0.39, 0.29) is 5.78 Å². The van der Waals surface area contributed by atoms with Crippen LogP contribution in [-0.4, -0.2) is 59.1 Å². The lowest BCUT2D eigenvalue weighted by molar-refractivity contribution is 0.00344. The molecular formula is C23H30O5. The number of hydrogen-bond donors (Lipinski definition) is 0. The lowest BCUT2D eigenvalue weighted by atomic mass is 10.0. The molecule has 0 saturated heterocycles. The van der Waals surface area contributed by atoms with Crippen LogP contribution in [-0.2, 0) is 25.4 Å². The van der Waals surface area contributed by atoms with Gasteiger partial charge in [0, 0.05) is 24.8 Å². The molecule has 0 aliphatic heterocycles. The normalized spacial score (nSPS) is 10.9. The number of benzene rings is 2. The molecule has 0 atom stereocenters. The fourth-order valence-corrected chi connectivity index (χ4v) is 2.64. The molecule has 28 heavy (non-hydrogen) atoms. The van der Waals surface area contributed by atoms with Gasteiger partial charge in [0.25, 0.3) is 0 Å². The van der Waals surface area contributed by atoms with E-state index < -0.39 is 0 Å². The van der Waals surface area contributed by atoms with E-state index in [4.69, 9.17) is 18.9 Å². The van der Waals surface area contributed by atoms with E-state index in [0.717, 1.165) is 18.4 Å². The van der Waals surface area contributed by atoms with Crippen molar-refractivity contribution < 1.29 is 23.7 Å². The maximum Gasteiger partial charge on any atom is 0.193 e. The van der Waals surface area contributed by atoms with Crippen molar-refractivity contribution in [1.29, 1.82) is 0 Å². The fourth-order valence-electron chi connectivity index (χ4n) is 2.64. The molecule has 5 nitrogen and oxygen atoms in total. The summed E-state index contributed by atoms with van der Waals surface area (Å²) in [6, 6.07) is 17.2. The SMILES string of the molecule is COCCOCCOCCOCCCc1ccc(C(=O)c2ccccc2)cc1. The van der Waals surface area contributed by atoms with Gasteiger partial charge in [-0.1, -0.05) is 54.6 Å². The van der Waals surface area contributed by atoms with Crippen molar-refractivity contribution >= 4 is 5.78 Å². The molecule has 2 rings (SSSR count). The van der Waals surface area contributed by atoms with Gasteiger partial charge < -0.3 is 18.9 Å². The van der Waals surface area contributed by atoms with Crippen LogP contribution in [0.3, 0.4) is 0 Å². The van der Waals surface area contributed by atoms with Crippen molar-refractivity contribution in [2.24, 2.45) is 0 Å². The number of ketones is 1. The van der Waals surface area contributed by atoms with E-state index in [9.17, 15) is 4.79 Å². The predicted octanol–water partition coefficient (Wildman–Crippen LogP) is 3.55. The number of carbonyl (C=O) groups excluding carboxylic acids is 1. The van der Waals surface area contributed by atoms with Crippen LogP contribution >= 0.6 is 0 Å². The van der Waals surface area contributed by atoms with Crippen molar-refractivity contribution in [2.75, 3.05) is 53.4 Å². The van der Waals surface area contributed by atoms with Crippen LogP contribution in [0.5, 0.6) is 0 Å². The second-order valence-electron chi connectivity index (χ2n) is 6.33. The van der Waals surface area contributed by atoms with Crippen molar-refractivity contribution in [1.82, 2.24) is 0 Å². The minimum atomic E-state index is 0.0552. The second-order valence-corrected chi connectivity index (χ2v) is 6.33. The third-order valence-electron chi connectivity index (χ3n) is 4.18. The summed E-state index contributed by atoms with van der Waals surface area (Å²) in [6.07, 6.45) is 1.86. The smallest absolute Gasteiger partial charge is 0.193 e. The third kappa shape index (κ3) is 8.76. The van der Waals surface area contributed by atoms with E-state index in [1.54, 1.807) is 7.11 Å². The molecule has 0 N–H and O–H groups in total. The van der Waals surface area contributed by atoms with Gasteiger partial charge in [-0.15, -0.1) is 0 Å². The zero-order valence-electron chi connectivity index (χ0n) is 16.6. The average Bonchev–Trinajstić information content (AvgIpc) is 2.75. The molecule has 152 valence electrons. The summed E-state index contributed by atoms with van der Waals surface area (Å²) in [5.74, 6) is 0.0552. The Kier molecular flexibility index (Phi) is 11.1. The van der Waals surface area contributed by atoms with Crippen molar-refractivity contribution in [3.8, 4) is 0 Å². The molecule has 0 aromatic heterocycles. The lowest BCUT2D eigenvalue weighted by Crippen LogP contribution is -2.11. The Morgan fingerprint density at radius 1 is 0.679 bits per heavy atom. The van der Waals surface area contributed by atoms with E-state index in [1.807, 2.05) is 54.6 Å². The van der Waals surface area contributed by atoms with Crippen LogP contribution in [0.4, 0.5) is 0 Å². The highest BCUT2D eigenvalue weighted by Crippen LogP contribution is 2.12. The van der Waals surface area contributed by atoms with Crippen LogP contribution in [0.2, 0.25) is 0 Å². The number of aryl methyl sites for hydroxylation is 1. The van der Waals surface area contributed by atoms with Crippen LogP contribution < -0.4 is 0 Å². The lowest BCUT2D eigenvalue weighted by Gasteiger charge is -2.07. The molecule has 5 heteroatoms. The number of ether oxygens (including phenoxy) is 4. The Labute approximate surface area is 167 Å². The zero-order valence-corrected chi connectivity index (χ0v) is 16.6. The molecule has 2 aromatic carbocycles. The van der Waals surface area contributed by atoms with Crippen molar-refractivity contribution in [3.63, 3.8) is 0 Å². The third-order valence-corrected chi connectivity index (χ3v) is 4.18. The first-order chi connectivity index (χ1) is 13.8. The highest BCUT2D eigenvalue weighted by atomic mass is 16.6. The highest BCUT2D eigenvalue weighted by molar-refractivity contribution is 6.08. The van der Waals surface area contributed by atoms with Gasteiger partial charge in [-0.25, -0.2) is 0 Å². The molecule has 0 saturated carbocycles. The van der Waals surface area contributed by atoms with Crippen LogP contribution in [0.25, 0.3) is 0 Å². The summed E-state index contributed by atoms with van der Waals surface area (Å²) >= 11 is 0. The fraction of sp³-hybridized carbons (Fsp3) is 0.435. The van der Waals surface area contributed by atoms with Crippen LogP contribution in [0.15, 0.2) is 54.6 Å². The maximum absolute atomic E-state index is 12.4. The molecule has 0 aliphatic rings. The van der Waals surface area contributed by atoms with Gasteiger partial charge in [-0.3, -0.25) is 4.79 Å². The predicted molar refractivity (Wildman–Crippen MR) is 109 cm³/mol. The summed E-state index contributed by atoms with van der Waals surface area (Å²) in [5.41, 5.74) is 2.64. The second kappa shape index (κ2) is 14.0. The topological polar surface area (TPSA) is 54.0 Å². The Balaban J connectivity index is 1.52. The molecule has 2 aromatic rings. The number of carbonyl (C=O) groups is 1. The minimum Gasteiger partial charge on any atom is -0.382 e. The number of methoxy groups -OCH3 is 1. The van der Waals surface area contributed by atoms with E-state index in [2.05, 4.69) is 0 Å². The van der Waals surface area contributed by atoms with Crippen LogP contribution in [0.1, 0.15) is 27.9 Å². The van der Waals surface area contributed by atoms with E-state index in [0.29, 0.717) is 51.8 Å². The molecular weight excluding hydrogens is 356 g/mol. The first-order valence-electron chi connectivity index (χ1n) is 9.72. The van der Waals surface area contributed by atoms with Crippen LogP contribution in [0, 0.1) is 0 Å². The summed E-state index contributed by atoms with van der Waals surface area (Å²) in [4.78, 5) is 12.4. The average molecular weight is 386 g/mol. The van der Waals surface area contributed by atoms with E-state index >= 15 is 0 Å². The van der Waals surface area contributed by atoms with Gasteiger partial charge in [0.1, 0.15) is 0 Å². The first kappa shape index (κ1) is 22.2. The van der Waals surface area contributed by atoms with Gasteiger partial charge in [0.15, 0.2) is 5.78 Å². The van der Waals surface area contributed by atoms with Gasteiger partial charge >= 0.3 is 0 Å². The molecule has 0 aliphatic carbocycles. The summed E-state index contributed by atoms with van der Waals surface area (Å²) in [6.45, 7) is 4.20.